The summed E-state index contributed by atoms with van der Waals surface area (Å²) in [5, 5.41) is 11.7. The van der Waals surface area contributed by atoms with E-state index >= 15 is 0 Å². The Morgan fingerprint density at radius 1 is 0.591 bits per heavy atom. The molecule has 10 heteroatoms. The number of unbranched alkanes of at least 4 members (excludes halogenated alkanes) is 4. The average molecular weight is 643 g/mol. The van der Waals surface area contributed by atoms with Crippen LogP contribution in [0.25, 0.3) is 0 Å². The van der Waals surface area contributed by atoms with Crippen molar-refractivity contribution in [1.29, 1.82) is 0 Å². The number of rotatable bonds is 23. The average Bonchev–Trinajstić information content (AvgIpc) is 3.03. The van der Waals surface area contributed by atoms with Crippen LogP contribution in [0.4, 0.5) is 0 Å². The maximum atomic E-state index is 13.1. The van der Waals surface area contributed by atoms with E-state index in [0.29, 0.717) is 50.3 Å². The van der Waals surface area contributed by atoms with Gasteiger partial charge in [0.1, 0.15) is 12.1 Å². The van der Waals surface area contributed by atoms with Crippen molar-refractivity contribution in [2.75, 3.05) is 24.6 Å². The fraction of sp³-hybridized carbons (Fsp3) is 0.529. The first-order valence-corrected chi connectivity index (χ1v) is 18.4. The second kappa shape index (κ2) is 23.4. The van der Waals surface area contributed by atoms with Gasteiger partial charge in [0.25, 0.3) is 0 Å². The van der Waals surface area contributed by atoms with E-state index in [1.807, 2.05) is 60.7 Å². The highest BCUT2D eigenvalue weighted by Gasteiger charge is 2.23. The summed E-state index contributed by atoms with van der Waals surface area (Å²) in [6.07, 6.45) is 7.68. The molecule has 242 valence electrons. The monoisotopic (exact) mass is 642 g/mol. The number of amides is 4. The van der Waals surface area contributed by atoms with Crippen molar-refractivity contribution in [3.8, 4) is 0 Å². The van der Waals surface area contributed by atoms with Crippen LogP contribution in [0.5, 0.6) is 0 Å². The molecule has 0 aliphatic rings. The first-order valence-electron chi connectivity index (χ1n) is 15.9. The van der Waals surface area contributed by atoms with Crippen molar-refractivity contribution in [2.45, 2.75) is 90.1 Å². The summed E-state index contributed by atoms with van der Waals surface area (Å²) in [4.78, 5) is 51.3. The van der Waals surface area contributed by atoms with Gasteiger partial charge in [0.05, 0.1) is 0 Å². The summed E-state index contributed by atoms with van der Waals surface area (Å²) in [6.45, 7) is 5.11. The molecule has 2 unspecified atom stereocenters. The van der Waals surface area contributed by atoms with Crippen LogP contribution in [0.15, 0.2) is 60.7 Å². The lowest BCUT2D eigenvalue weighted by Gasteiger charge is -2.20. The minimum absolute atomic E-state index is 0.137. The molecule has 2 rings (SSSR count). The lowest BCUT2D eigenvalue weighted by molar-refractivity contribution is -0.128. The molecule has 0 saturated carbocycles. The molecule has 2 aromatic rings. The predicted octanol–water partition coefficient (Wildman–Crippen LogP) is 5.22. The summed E-state index contributed by atoms with van der Waals surface area (Å²) in [6, 6.07) is 18.5. The fourth-order valence-corrected chi connectivity index (χ4v) is 6.73. The highest BCUT2D eigenvalue weighted by Crippen LogP contribution is 2.23. The van der Waals surface area contributed by atoms with Gasteiger partial charge >= 0.3 is 0 Å². The summed E-state index contributed by atoms with van der Waals surface area (Å²) < 4.78 is 0. The molecule has 0 heterocycles. The van der Waals surface area contributed by atoms with Crippen molar-refractivity contribution in [2.24, 2.45) is 0 Å². The summed E-state index contributed by atoms with van der Waals surface area (Å²) in [5.74, 6) is -0.0402. The third kappa shape index (κ3) is 16.8. The third-order valence-electron chi connectivity index (χ3n) is 6.98. The molecule has 0 bridgehead atoms. The molecular weight excluding hydrogens is 593 g/mol. The SMILES string of the molecule is CCCCCC(=O)NC(CSSCC(NC(=O)CCCCC)C(=O)NCCc1ccccc1)C(=O)NCCc1ccccc1. The standard InChI is InChI=1S/C34H50N4O4S2/c1-3-5-9-19-31(39)37-29(33(41)35-23-21-27-15-11-7-12-16-27)25-43-44-26-30(38-32(40)20-10-6-4-2)34(42)36-24-22-28-17-13-8-14-18-28/h7-8,11-18,29-30H,3-6,9-10,19-26H2,1-2H3,(H,35,41)(H,36,42)(H,37,39)(H,38,40). The van der Waals surface area contributed by atoms with Crippen molar-refractivity contribution in [3.63, 3.8) is 0 Å². The molecule has 0 spiro atoms. The number of nitrogens with one attached hydrogen (secondary N) is 4. The Kier molecular flexibility index (Phi) is 19.8. The summed E-state index contributed by atoms with van der Waals surface area (Å²) in [5.41, 5.74) is 2.26. The van der Waals surface area contributed by atoms with Gasteiger partial charge in [-0.2, -0.15) is 0 Å². The van der Waals surface area contributed by atoms with Gasteiger partial charge < -0.3 is 21.3 Å². The van der Waals surface area contributed by atoms with Crippen LogP contribution in [0.2, 0.25) is 0 Å². The molecule has 0 aromatic heterocycles. The Morgan fingerprint density at radius 2 is 0.977 bits per heavy atom. The molecule has 0 radical (unpaired) electrons. The van der Waals surface area contributed by atoms with Gasteiger partial charge in [-0.25, -0.2) is 0 Å². The zero-order valence-electron chi connectivity index (χ0n) is 26.3. The molecule has 4 N–H and O–H groups in total. The molecule has 2 atom stereocenters. The second-order valence-electron chi connectivity index (χ2n) is 10.8. The number of hydrogen-bond donors (Lipinski definition) is 4. The van der Waals surface area contributed by atoms with E-state index in [-0.39, 0.29) is 23.6 Å². The molecule has 2 aromatic carbocycles. The summed E-state index contributed by atoms with van der Waals surface area (Å²) >= 11 is 0. The van der Waals surface area contributed by atoms with Crippen LogP contribution in [0, 0.1) is 0 Å². The normalized spacial score (nSPS) is 12.1. The van der Waals surface area contributed by atoms with Gasteiger partial charge in [-0.3, -0.25) is 19.2 Å². The minimum Gasteiger partial charge on any atom is -0.354 e. The van der Waals surface area contributed by atoms with E-state index in [4.69, 9.17) is 0 Å². The Bertz CT molecular complexity index is 1020. The highest BCUT2D eigenvalue weighted by atomic mass is 33.1. The quantitative estimate of drug-likeness (QED) is 0.0977. The van der Waals surface area contributed by atoms with Crippen molar-refractivity contribution in [1.82, 2.24) is 21.3 Å². The second-order valence-corrected chi connectivity index (χ2v) is 13.3. The van der Waals surface area contributed by atoms with E-state index in [9.17, 15) is 19.2 Å². The van der Waals surface area contributed by atoms with Gasteiger partial charge in [-0.05, 0) is 36.8 Å². The Hall–Kier alpha value is -2.98. The van der Waals surface area contributed by atoms with E-state index < -0.39 is 12.1 Å². The largest absolute Gasteiger partial charge is 0.354 e. The highest BCUT2D eigenvalue weighted by molar-refractivity contribution is 8.76. The maximum absolute atomic E-state index is 13.1. The molecule has 0 aliphatic heterocycles. The Labute approximate surface area is 271 Å². The molecule has 44 heavy (non-hydrogen) atoms. The van der Waals surface area contributed by atoms with E-state index in [1.165, 1.54) is 21.6 Å². The van der Waals surface area contributed by atoms with Crippen LogP contribution in [0.3, 0.4) is 0 Å². The van der Waals surface area contributed by atoms with E-state index in [0.717, 1.165) is 49.7 Å². The first-order chi connectivity index (χ1) is 21.4. The molecule has 8 nitrogen and oxygen atoms in total. The number of hydrogen-bond acceptors (Lipinski definition) is 6. The minimum atomic E-state index is -0.695. The first kappa shape index (κ1) is 37.2. The molecule has 0 aliphatic carbocycles. The molecule has 0 fully saturated rings. The number of carbonyl (C=O) groups is 4. The van der Waals surface area contributed by atoms with E-state index in [1.54, 1.807) is 0 Å². The lowest BCUT2D eigenvalue weighted by Crippen LogP contribution is -2.49. The van der Waals surface area contributed by atoms with Gasteiger partial charge in [-0.15, -0.1) is 0 Å². The number of carbonyl (C=O) groups excluding carboxylic acids is 4. The Morgan fingerprint density at radius 3 is 1.34 bits per heavy atom. The van der Waals surface area contributed by atoms with Crippen LogP contribution in [-0.4, -0.2) is 60.3 Å². The van der Waals surface area contributed by atoms with Gasteiger partial charge in [0.2, 0.25) is 23.6 Å². The maximum Gasteiger partial charge on any atom is 0.243 e. The van der Waals surface area contributed by atoms with Crippen molar-refractivity contribution >= 4 is 45.2 Å². The van der Waals surface area contributed by atoms with Crippen molar-refractivity contribution in [3.05, 3.63) is 71.8 Å². The zero-order chi connectivity index (χ0) is 31.8. The van der Waals surface area contributed by atoms with Crippen LogP contribution in [-0.2, 0) is 32.0 Å². The topological polar surface area (TPSA) is 116 Å². The van der Waals surface area contributed by atoms with Crippen LogP contribution < -0.4 is 21.3 Å². The number of benzene rings is 2. The molecule has 0 saturated heterocycles. The van der Waals surface area contributed by atoms with Gasteiger partial charge in [0, 0.05) is 37.4 Å². The smallest absolute Gasteiger partial charge is 0.243 e. The lowest BCUT2D eigenvalue weighted by atomic mass is 10.1. The third-order valence-corrected chi connectivity index (χ3v) is 9.40. The van der Waals surface area contributed by atoms with Gasteiger partial charge in [0.15, 0.2) is 0 Å². The van der Waals surface area contributed by atoms with Gasteiger partial charge in [-0.1, -0.05) is 122 Å². The van der Waals surface area contributed by atoms with E-state index in [2.05, 4.69) is 35.1 Å². The Balaban J connectivity index is 1.92. The molecule has 4 amide bonds. The fourth-order valence-electron chi connectivity index (χ4n) is 4.40. The van der Waals surface area contributed by atoms with Crippen LogP contribution >= 0.6 is 21.6 Å². The zero-order valence-corrected chi connectivity index (χ0v) is 27.9. The summed E-state index contributed by atoms with van der Waals surface area (Å²) in [7, 11) is 2.83. The van der Waals surface area contributed by atoms with Crippen LogP contribution in [0.1, 0.15) is 76.3 Å². The predicted molar refractivity (Wildman–Crippen MR) is 183 cm³/mol. The molecular formula is C34H50N4O4S2. The van der Waals surface area contributed by atoms with Crippen molar-refractivity contribution < 1.29 is 19.2 Å².